The summed E-state index contributed by atoms with van der Waals surface area (Å²) in [4.78, 5) is 0. The lowest BCUT2D eigenvalue weighted by Gasteiger charge is -2.10. The first-order valence-corrected chi connectivity index (χ1v) is 7.43. The summed E-state index contributed by atoms with van der Waals surface area (Å²) in [7, 11) is -1.91. The Balaban J connectivity index is 2.81. The molecule has 0 bridgehead atoms. The van der Waals surface area contributed by atoms with Crippen LogP contribution in [0.1, 0.15) is 12.5 Å². The SMILES string of the molecule is COc1ccc(CS(=O)(=O)CC(C)CN)cc1F. The summed E-state index contributed by atoms with van der Waals surface area (Å²) in [6.45, 7) is 2.09. The molecule has 1 rings (SSSR count). The quantitative estimate of drug-likeness (QED) is 0.850. The molecule has 4 nitrogen and oxygen atoms in total. The van der Waals surface area contributed by atoms with Crippen molar-refractivity contribution in [3.05, 3.63) is 29.6 Å². The van der Waals surface area contributed by atoms with Crippen molar-refractivity contribution in [2.75, 3.05) is 19.4 Å². The van der Waals surface area contributed by atoms with Crippen LogP contribution in [-0.2, 0) is 15.6 Å². The van der Waals surface area contributed by atoms with Gasteiger partial charge in [0.15, 0.2) is 21.4 Å². The number of hydrogen-bond donors (Lipinski definition) is 1. The molecule has 1 atom stereocenters. The van der Waals surface area contributed by atoms with E-state index in [0.717, 1.165) is 0 Å². The molecular formula is C12H18FNO3S. The van der Waals surface area contributed by atoms with E-state index >= 15 is 0 Å². The maximum absolute atomic E-state index is 13.4. The van der Waals surface area contributed by atoms with E-state index in [1.807, 2.05) is 0 Å². The zero-order valence-electron chi connectivity index (χ0n) is 10.5. The van der Waals surface area contributed by atoms with Crippen LogP contribution < -0.4 is 10.5 Å². The highest BCUT2D eigenvalue weighted by molar-refractivity contribution is 7.90. The van der Waals surface area contributed by atoms with Gasteiger partial charge in [-0.3, -0.25) is 0 Å². The van der Waals surface area contributed by atoms with Crippen LogP contribution in [-0.4, -0.2) is 27.8 Å². The fourth-order valence-corrected chi connectivity index (χ4v) is 3.42. The van der Waals surface area contributed by atoms with E-state index < -0.39 is 15.7 Å². The van der Waals surface area contributed by atoms with Crippen molar-refractivity contribution in [2.45, 2.75) is 12.7 Å². The lowest BCUT2D eigenvalue weighted by molar-refractivity contribution is 0.386. The Bertz CT molecular complexity index is 502. The number of halogens is 1. The lowest BCUT2D eigenvalue weighted by atomic mass is 10.2. The molecule has 0 aliphatic rings. The van der Waals surface area contributed by atoms with Gasteiger partial charge < -0.3 is 10.5 Å². The molecule has 0 fully saturated rings. The van der Waals surface area contributed by atoms with Crippen molar-refractivity contribution in [2.24, 2.45) is 11.7 Å². The van der Waals surface area contributed by atoms with Gasteiger partial charge in [-0.1, -0.05) is 13.0 Å². The number of benzene rings is 1. The Morgan fingerprint density at radius 3 is 2.61 bits per heavy atom. The van der Waals surface area contributed by atoms with Crippen LogP contribution in [0.25, 0.3) is 0 Å². The van der Waals surface area contributed by atoms with E-state index in [9.17, 15) is 12.8 Å². The Labute approximate surface area is 107 Å². The first-order valence-electron chi connectivity index (χ1n) is 5.61. The van der Waals surface area contributed by atoms with E-state index in [4.69, 9.17) is 10.5 Å². The number of ether oxygens (including phenoxy) is 1. The number of rotatable bonds is 6. The number of hydrogen-bond acceptors (Lipinski definition) is 4. The molecule has 0 amide bonds. The second-order valence-electron chi connectivity index (χ2n) is 4.36. The smallest absolute Gasteiger partial charge is 0.165 e. The van der Waals surface area contributed by atoms with Gasteiger partial charge in [-0.2, -0.15) is 0 Å². The Hall–Kier alpha value is -1.14. The second-order valence-corrected chi connectivity index (χ2v) is 6.47. The van der Waals surface area contributed by atoms with Crippen molar-refractivity contribution in [3.63, 3.8) is 0 Å². The predicted molar refractivity (Wildman–Crippen MR) is 68.7 cm³/mol. The molecule has 6 heteroatoms. The molecule has 102 valence electrons. The molecule has 0 aliphatic carbocycles. The number of methoxy groups -OCH3 is 1. The number of sulfone groups is 1. The molecule has 0 radical (unpaired) electrons. The van der Waals surface area contributed by atoms with E-state index in [2.05, 4.69) is 0 Å². The molecule has 0 saturated carbocycles. The third kappa shape index (κ3) is 4.27. The van der Waals surface area contributed by atoms with Crippen LogP contribution in [0.3, 0.4) is 0 Å². The fourth-order valence-electron chi connectivity index (χ4n) is 1.61. The predicted octanol–water partition coefficient (Wildman–Crippen LogP) is 1.34. The molecule has 2 N–H and O–H groups in total. The Morgan fingerprint density at radius 1 is 1.44 bits per heavy atom. The summed E-state index contributed by atoms with van der Waals surface area (Å²) in [6.07, 6.45) is 0. The van der Waals surface area contributed by atoms with Crippen molar-refractivity contribution >= 4 is 9.84 Å². The van der Waals surface area contributed by atoms with Crippen LogP contribution in [0.15, 0.2) is 18.2 Å². The average molecular weight is 275 g/mol. The summed E-state index contributed by atoms with van der Waals surface area (Å²) >= 11 is 0. The maximum Gasteiger partial charge on any atom is 0.165 e. The second kappa shape index (κ2) is 6.15. The summed E-state index contributed by atoms with van der Waals surface area (Å²) in [5, 5.41) is 0. The van der Waals surface area contributed by atoms with Gasteiger partial charge in [0, 0.05) is 0 Å². The molecule has 0 aromatic heterocycles. The molecule has 1 aromatic rings. The minimum atomic E-state index is -3.27. The topological polar surface area (TPSA) is 69.4 Å². The van der Waals surface area contributed by atoms with Crippen LogP contribution in [0, 0.1) is 11.7 Å². The van der Waals surface area contributed by atoms with Gasteiger partial charge >= 0.3 is 0 Å². The highest BCUT2D eigenvalue weighted by atomic mass is 32.2. The maximum atomic E-state index is 13.4. The molecule has 0 saturated heterocycles. The van der Waals surface area contributed by atoms with Crippen molar-refractivity contribution < 1.29 is 17.5 Å². The largest absolute Gasteiger partial charge is 0.494 e. The van der Waals surface area contributed by atoms with E-state index in [1.54, 1.807) is 13.0 Å². The van der Waals surface area contributed by atoms with Gasteiger partial charge in [0.05, 0.1) is 18.6 Å². The Kier molecular flexibility index (Phi) is 5.10. The molecule has 1 aromatic carbocycles. The highest BCUT2D eigenvalue weighted by Gasteiger charge is 2.16. The van der Waals surface area contributed by atoms with Gasteiger partial charge in [0.25, 0.3) is 0 Å². The zero-order valence-corrected chi connectivity index (χ0v) is 11.3. The molecule has 0 aliphatic heterocycles. The standard InChI is InChI=1S/C12H18FNO3S/c1-9(6-14)7-18(15,16)8-10-3-4-12(17-2)11(13)5-10/h3-5,9H,6-8,14H2,1-2H3. The monoisotopic (exact) mass is 275 g/mol. The van der Waals surface area contributed by atoms with Gasteiger partial charge in [-0.25, -0.2) is 12.8 Å². The molecule has 0 spiro atoms. The summed E-state index contributed by atoms with van der Waals surface area (Å²) in [5.41, 5.74) is 5.81. The van der Waals surface area contributed by atoms with Crippen LogP contribution in [0.2, 0.25) is 0 Å². The third-order valence-electron chi connectivity index (χ3n) is 2.54. The first kappa shape index (κ1) is 14.9. The van der Waals surface area contributed by atoms with Crippen molar-refractivity contribution in [1.29, 1.82) is 0 Å². The van der Waals surface area contributed by atoms with Crippen molar-refractivity contribution in [1.82, 2.24) is 0 Å². The summed E-state index contributed by atoms with van der Waals surface area (Å²) in [6, 6.07) is 4.16. The first-order chi connectivity index (χ1) is 8.38. The summed E-state index contributed by atoms with van der Waals surface area (Å²) < 4.78 is 41.8. The zero-order chi connectivity index (χ0) is 13.8. The molecule has 1 unspecified atom stereocenters. The fraction of sp³-hybridized carbons (Fsp3) is 0.500. The number of nitrogens with two attached hydrogens (primary N) is 1. The normalized spacial score (nSPS) is 13.3. The summed E-state index contributed by atoms with van der Waals surface area (Å²) in [5.74, 6) is -0.725. The van der Waals surface area contributed by atoms with Gasteiger partial charge in [0.1, 0.15) is 0 Å². The van der Waals surface area contributed by atoms with Crippen LogP contribution in [0.4, 0.5) is 4.39 Å². The van der Waals surface area contributed by atoms with Gasteiger partial charge in [0.2, 0.25) is 0 Å². The molecular weight excluding hydrogens is 257 g/mol. The van der Waals surface area contributed by atoms with E-state index in [0.29, 0.717) is 12.1 Å². The van der Waals surface area contributed by atoms with E-state index in [-0.39, 0.29) is 23.2 Å². The minimum Gasteiger partial charge on any atom is -0.494 e. The lowest BCUT2D eigenvalue weighted by Crippen LogP contribution is -2.22. The minimum absolute atomic E-state index is 0.0111. The average Bonchev–Trinajstić information content (AvgIpc) is 2.27. The van der Waals surface area contributed by atoms with Gasteiger partial charge in [-0.05, 0) is 30.2 Å². The Morgan fingerprint density at radius 2 is 2.11 bits per heavy atom. The third-order valence-corrected chi connectivity index (χ3v) is 4.39. The highest BCUT2D eigenvalue weighted by Crippen LogP contribution is 2.19. The van der Waals surface area contributed by atoms with Crippen LogP contribution in [0.5, 0.6) is 5.75 Å². The molecule has 18 heavy (non-hydrogen) atoms. The molecule has 0 heterocycles. The van der Waals surface area contributed by atoms with E-state index in [1.165, 1.54) is 19.2 Å². The van der Waals surface area contributed by atoms with Gasteiger partial charge in [-0.15, -0.1) is 0 Å². The van der Waals surface area contributed by atoms with Crippen LogP contribution >= 0.6 is 0 Å². The van der Waals surface area contributed by atoms with Crippen molar-refractivity contribution in [3.8, 4) is 5.75 Å².